The summed E-state index contributed by atoms with van der Waals surface area (Å²) < 4.78 is 0. The molecule has 0 atom stereocenters. The molecule has 0 fully saturated rings. The van der Waals surface area contributed by atoms with E-state index < -0.39 is 0 Å². The summed E-state index contributed by atoms with van der Waals surface area (Å²) in [6.45, 7) is 8.56. The fourth-order valence-corrected chi connectivity index (χ4v) is 1.20. The van der Waals surface area contributed by atoms with Crippen LogP contribution < -0.4 is 5.32 Å². The third kappa shape index (κ3) is 3.17. The fourth-order valence-electron chi connectivity index (χ4n) is 1.20. The van der Waals surface area contributed by atoms with Crippen molar-refractivity contribution in [3.8, 4) is 0 Å². The number of nitrogens with one attached hydrogen (secondary N) is 1. The lowest BCUT2D eigenvalue weighted by atomic mass is 10.3. The minimum atomic E-state index is 0.824. The average Bonchev–Trinajstić information content (AvgIpc) is 2.17. The molecule has 0 unspecified atom stereocenters. The van der Waals surface area contributed by atoms with Crippen LogP contribution in [0.2, 0.25) is 0 Å². The highest BCUT2D eigenvalue weighted by Crippen LogP contribution is 2.06. The predicted molar refractivity (Wildman–Crippen MR) is 59.5 cm³/mol. The highest BCUT2D eigenvalue weighted by Gasteiger charge is 1.98. The summed E-state index contributed by atoms with van der Waals surface area (Å²) in [5.74, 6) is 1.74. The van der Waals surface area contributed by atoms with Crippen molar-refractivity contribution in [2.75, 3.05) is 11.9 Å². The van der Waals surface area contributed by atoms with Crippen LogP contribution >= 0.6 is 0 Å². The van der Waals surface area contributed by atoms with Crippen molar-refractivity contribution in [1.29, 1.82) is 0 Å². The van der Waals surface area contributed by atoms with E-state index in [4.69, 9.17) is 0 Å². The summed E-state index contributed by atoms with van der Waals surface area (Å²) in [7, 11) is 0. The summed E-state index contributed by atoms with van der Waals surface area (Å²) in [6.07, 6.45) is 3.78. The van der Waals surface area contributed by atoms with Crippen molar-refractivity contribution in [1.82, 2.24) is 9.97 Å². The van der Waals surface area contributed by atoms with E-state index in [1.165, 1.54) is 0 Å². The number of nitrogens with zero attached hydrogens (tertiary/aromatic N) is 2. The zero-order valence-corrected chi connectivity index (χ0v) is 8.88. The first-order valence-electron chi connectivity index (χ1n) is 4.95. The van der Waals surface area contributed by atoms with Crippen molar-refractivity contribution in [2.45, 2.75) is 26.7 Å². The number of aryl methyl sites for hydroxylation is 2. The van der Waals surface area contributed by atoms with Crippen LogP contribution in [0.4, 0.5) is 5.82 Å². The van der Waals surface area contributed by atoms with Crippen molar-refractivity contribution in [3.05, 3.63) is 30.2 Å². The van der Waals surface area contributed by atoms with Gasteiger partial charge in [0.25, 0.3) is 0 Å². The van der Waals surface area contributed by atoms with Gasteiger partial charge in [0.15, 0.2) is 0 Å². The molecule has 0 bridgehead atoms. The van der Waals surface area contributed by atoms with Gasteiger partial charge in [0.05, 0.1) is 0 Å². The molecule has 0 aromatic carbocycles. The number of anilines is 1. The molecule has 0 amide bonds. The Morgan fingerprint density at radius 2 is 2.29 bits per heavy atom. The third-order valence-electron chi connectivity index (χ3n) is 1.91. The Hall–Kier alpha value is -1.38. The second kappa shape index (κ2) is 5.37. The Balaban J connectivity index is 2.66. The van der Waals surface area contributed by atoms with Crippen LogP contribution in [0.3, 0.4) is 0 Å². The van der Waals surface area contributed by atoms with Crippen molar-refractivity contribution >= 4 is 5.82 Å². The zero-order valence-electron chi connectivity index (χ0n) is 8.88. The Kier molecular flexibility index (Phi) is 4.11. The third-order valence-corrected chi connectivity index (χ3v) is 1.91. The number of aromatic nitrogens is 2. The molecule has 0 radical (unpaired) electrons. The second-order valence-corrected chi connectivity index (χ2v) is 3.15. The minimum absolute atomic E-state index is 0.824. The van der Waals surface area contributed by atoms with Crippen molar-refractivity contribution < 1.29 is 0 Å². The quantitative estimate of drug-likeness (QED) is 0.573. The maximum atomic E-state index is 4.31. The highest BCUT2D eigenvalue weighted by atomic mass is 15.0. The van der Waals surface area contributed by atoms with Crippen LogP contribution in [0.15, 0.2) is 18.7 Å². The molecule has 76 valence electrons. The van der Waals surface area contributed by atoms with Crippen LogP contribution in [0, 0.1) is 6.92 Å². The number of hydrogen-bond donors (Lipinski definition) is 1. The summed E-state index contributed by atoms with van der Waals surface area (Å²) in [5.41, 5.74) is 1.08. The molecule has 1 N–H and O–H groups in total. The molecule has 1 heterocycles. The van der Waals surface area contributed by atoms with Gasteiger partial charge in [-0.1, -0.05) is 13.0 Å². The molecular formula is C11H17N3. The Labute approximate surface area is 85.3 Å². The molecule has 3 nitrogen and oxygen atoms in total. The first-order chi connectivity index (χ1) is 6.76. The van der Waals surface area contributed by atoms with Crippen LogP contribution in [-0.2, 0) is 6.42 Å². The number of hydrogen-bond acceptors (Lipinski definition) is 3. The second-order valence-electron chi connectivity index (χ2n) is 3.15. The number of rotatable bonds is 5. The normalized spacial score (nSPS) is 9.86. The summed E-state index contributed by atoms with van der Waals surface area (Å²) >= 11 is 0. The van der Waals surface area contributed by atoms with Gasteiger partial charge in [0.2, 0.25) is 0 Å². The van der Waals surface area contributed by atoms with E-state index in [1.54, 1.807) is 0 Å². The van der Waals surface area contributed by atoms with Gasteiger partial charge in [-0.15, -0.1) is 6.58 Å². The molecule has 0 aliphatic heterocycles. The SMILES string of the molecule is C=CCCNc1cc(CC)nc(C)n1. The molecular weight excluding hydrogens is 174 g/mol. The molecule has 14 heavy (non-hydrogen) atoms. The molecule has 0 aliphatic rings. The zero-order chi connectivity index (χ0) is 10.4. The van der Waals surface area contributed by atoms with Gasteiger partial charge < -0.3 is 5.32 Å². The summed E-state index contributed by atoms with van der Waals surface area (Å²) in [5, 5.41) is 3.24. The molecule has 0 saturated carbocycles. The minimum Gasteiger partial charge on any atom is -0.370 e. The van der Waals surface area contributed by atoms with E-state index in [0.29, 0.717) is 0 Å². The maximum Gasteiger partial charge on any atom is 0.129 e. The predicted octanol–water partition coefficient (Wildman–Crippen LogP) is 2.34. The summed E-state index contributed by atoms with van der Waals surface area (Å²) in [4.78, 5) is 8.61. The van der Waals surface area contributed by atoms with E-state index in [2.05, 4.69) is 28.8 Å². The van der Waals surface area contributed by atoms with E-state index in [-0.39, 0.29) is 0 Å². The van der Waals surface area contributed by atoms with Gasteiger partial charge in [-0.2, -0.15) is 0 Å². The Morgan fingerprint density at radius 3 is 2.93 bits per heavy atom. The van der Waals surface area contributed by atoms with Gasteiger partial charge >= 0.3 is 0 Å². The Morgan fingerprint density at radius 1 is 1.50 bits per heavy atom. The lowest BCUT2D eigenvalue weighted by Gasteiger charge is -2.06. The maximum absolute atomic E-state index is 4.31. The van der Waals surface area contributed by atoms with Crippen molar-refractivity contribution in [3.63, 3.8) is 0 Å². The lowest BCUT2D eigenvalue weighted by Crippen LogP contribution is -2.05. The molecule has 1 rings (SSSR count). The average molecular weight is 191 g/mol. The van der Waals surface area contributed by atoms with Crippen LogP contribution in [0.1, 0.15) is 24.9 Å². The molecule has 1 aromatic rings. The Bertz CT molecular complexity index is 307. The van der Waals surface area contributed by atoms with Gasteiger partial charge in [-0.3, -0.25) is 0 Å². The van der Waals surface area contributed by atoms with E-state index in [9.17, 15) is 0 Å². The van der Waals surface area contributed by atoms with Gasteiger partial charge in [0.1, 0.15) is 11.6 Å². The monoisotopic (exact) mass is 191 g/mol. The van der Waals surface area contributed by atoms with Gasteiger partial charge in [0, 0.05) is 18.3 Å². The molecule has 0 aliphatic carbocycles. The van der Waals surface area contributed by atoms with E-state index in [0.717, 1.165) is 36.7 Å². The first-order valence-corrected chi connectivity index (χ1v) is 4.95. The fraction of sp³-hybridized carbons (Fsp3) is 0.455. The van der Waals surface area contributed by atoms with E-state index in [1.807, 2.05) is 19.1 Å². The largest absolute Gasteiger partial charge is 0.370 e. The topological polar surface area (TPSA) is 37.8 Å². The standard InChI is InChI=1S/C11H17N3/c1-4-6-7-12-11-8-10(5-2)13-9(3)14-11/h4,8H,1,5-7H2,2-3H3,(H,12,13,14). The van der Waals surface area contributed by atoms with E-state index >= 15 is 0 Å². The van der Waals surface area contributed by atoms with Gasteiger partial charge in [-0.05, 0) is 19.8 Å². The molecule has 0 saturated heterocycles. The van der Waals surface area contributed by atoms with Gasteiger partial charge in [-0.25, -0.2) is 9.97 Å². The highest BCUT2D eigenvalue weighted by molar-refractivity contribution is 5.35. The van der Waals surface area contributed by atoms with Crippen LogP contribution in [0.5, 0.6) is 0 Å². The smallest absolute Gasteiger partial charge is 0.129 e. The molecule has 3 heteroatoms. The van der Waals surface area contributed by atoms with Crippen molar-refractivity contribution in [2.24, 2.45) is 0 Å². The first kappa shape index (κ1) is 10.7. The van der Waals surface area contributed by atoms with Crippen LogP contribution in [-0.4, -0.2) is 16.5 Å². The lowest BCUT2D eigenvalue weighted by molar-refractivity contribution is 0.938. The van der Waals surface area contributed by atoms with Crippen LogP contribution in [0.25, 0.3) is 0 Å². The molecule has 1 aromatic heterocycles. The molecule has 0 spiro atoms. The summed E-state index contributed by atoms with van der Waals surface area (Å²) in [6, 6.07) is 2.00.